The molecule has 0 saturated heterocycles. The van der Waals surface area contributed by atoms with E-state index in [2.05, 4.69) is 15.6 Å². The van der Waals surface area contributed by atoms with Crippen LogP contribution in [0.2, 0.25) is 0 Å². The molecule has 6 nitrogen and oxygen atoms in total. The number of pyridine rings is 1. The van der Waals surface area contributed by atoms with E-state index in [1.165, 1.54) is 0 Å². The molecule has 3 rings (SSSR count). The first kappa shape index (κ1) is 13.0. The number of carbonyl (C=O) groups excluding carboxylic acids is 3. The molecule has 0 unspecified atom stereocenters. The maximum Gasteiger partial charge on any atom is 0.233 e. The van der Waals surface area contributed by atoms with Crippen molar-refractivity contribution in [2.75, 3.05) is 10.6 Å². The largest absolute Gasteiger partial charge is 0.324 e. The van der Waals surface area contributed by atoms with Crippen LogP contribution in [0.25, 0.3) is 0 Å². The van der Waals surface area contributed by atoms with Crippen molar-refractivity contribution in [3.05, 3.63) is 53.9 Å². The van der Waals surface area contributed by atoms with Crippen molar-refractivity contribution in [3.8, 4) is 0 Å². The van der Waals surface area contributed by atoms with Crippen LogP contribution in [0, 0.1) is 0 Å². The molecule has 0 atom stereocenters. The lowest BCUT2D eigenvalue weighted by molar-refractivity contribution is -0.123. The Bertz CT molecular complexity index is 741. The van der Waals surface area contributed by atoms with E-state index in [-0.39, 0.29) is 18.1 Å². The fraction of sp³-hybridized carbons (Fsp3) is 0.0667. The maximum atomic E-state index is 12.3. The van der Waals surface area contributed by atoms with Crippen LogP contribution in [0.1, 0.15) is 22.3 Å². The summed E-state index contributed by atoms with van der Waals surface area (Å²) in [7, 11) is 0. The van der Waals surface area contributed by atoms with Gasteiger partial charge in [-0.1, -0.05) is 0 Å². The Labute approximate surface area is 120 Å². The van der Waals surface area contributed by atoms with Gasteiger partial charge in [-0.3, -0.25) is 19.4 Å². The monoisotopic (exact) mass is 281 g/mol. The second-order valence-corrected chi connectivity index (χ2v) is 4.60. The van der Waals surface area contributed by atoms with Crippen molar-refractivity contribution in [3.63, 3.8) is 0 Å². The van der Waals surface area contributed by atoms with Crippen molar-refractivity contribution in [2.24, 2.45) is 0 Å². The number of anilines is 2. The number of hydrogen-bond acceptors (Lipinski definition) is 4. The average Bonchev–Trinajstić information content (AvgIpc) is 2.63. The van der Waals surface area contributed by atoms with Gasteiger partial charge in [-0.15, -0.1) is 0 Å². The highest BCUT2D eigenvalue weighted by atomic mass is 16.2. The second kappa shape index (κ2) is 5.16. The smallest absolute Gasteiger partial charge is 0.233 e. The van der Waals surface area contributed by atoms with Crippen molar-refractivity contribution >= 4 is 29.0 Å². The van der Waals surface area contributed by atoms with E-state index in [1.807, 2.05) is 0 Å². The van der Waals surface area contributed by atoms with E-state index in [0.717, 1.165) is 0 Å². The van der Waals surface area contributed by atoms with Crippen LogP contribution in [0.5, 0.6) is 0 Å². The van der Waals surface area contributed by atoms with Crippen molar-refractivity contribution in [1.29, 1.82) is 0 Å². The Morgan fingerprint density at radius 1 is 0.905 bits per heavy atom. The molecule has 0 bridgehead atoms. The summed E-state index contributed by atoms with van der Waals surface area (Å²) >= 11 is 0. The second-order valence-electron chi connectivity index (χ2n) is 4.60. The van der Waals surface area contributed by atoms with Gasteiger partial charge in [0.1, 0.15) is 6.42 Å². The molecule has 1 aromatic carbocycles. The summed E-state index contributed by atoms with van der Waals surface area (Å²) in [6.45, 7) is 0. The molecule has 0 aliphatic carbocycles. The fourth-order valence-electron chi connectivity index (χ4n) is 2.10. The van der Waals surface area contributed by atoms with Crippen molar-refractivity contribution < 1.29 is 14.4 Å². The highest BCUT2D eigenvalue weighted by Crippen LogP contribution is 2.26. The van der Waals surface area contributed by atoms with E-state index in [1.54, 1.807) is 42.7 Å². The van der Waals surface area contributed by atoms with E-state index in [9.17, 15) is 14.4 Å². The average molecular weight is 281 g/mol. The number of fused-ring (bicyclic) bond motifs is 1. The van der Waals surface area contributed by atoms with Crippen LogP contribution >= 0.6 is 0 Å². The first-order valence-electron chi connectivity index (χ1n) is 6.32. The summed E-state index contributed by atoms with van der Waals surface area (Å²) in [4.78, 5) is 39.2. The molecule has 0 saturated carbocycles. The van der Waals surface area contributed by atoms with Gasteiger partial charge in [0, 0.05) is 23.5 Å². The molecule has 1 aliphatic rings. The summed E-state index contributed by atoms with van der Waals surface area (Å²) in [5, 5.41) is 5.23. The van der Waals surface area contributed by atoms with Crippen LogP contribution in [0.3, 0.4) is 0 Å². The normalized spacial score (nSPS) is 13.7. The van der Waals surface area contributed by atoms with Crippen molar-refractivity contribution in [2.45, 2.75) is 6.42 Å². The van der Waals surface area contributed by atoms with Gasteiger partial charge in [0.05, 0.1) is 11.4 Å². The third-order valence-electron chi connectivity index (χ3n) is 3.09. The molecular formula is C15H11N3O3. The molecule has 2 amide bonds. The molecule has 1 aliphatic heterocycles. The molecule has 21 heavy (non-hydrogen) atoms. The summed E-state index contributed by atoms with van der Waals surface area (Å²) < 4.78 is 0. The van der Waals surface area contributed by atoms with Crippen LogP contribution in [-0.4, -0.2) is 22.6 Å². The Hall–Kier alpha value is -3.02. The molecule has 2 heterocycles. The Morgan fingerprint density at radius 3 is 2.29 bits per heavy atom. The number of aromatic nitrogens is 1. The van der Waals surface area contributed by atoms with E-state index < -0.39 is 5.91 Å². The number of rotatable bonds is 2. The molecule has 0 radical (unpaired) electrons. The first-order chi connectivity index (χ1) is 10.1. The minimum absolute atomic E-state index is 0.176. The van der Waals surface area contributed by atoms with Crippen LogP contribution in [0.15, 0.2) is 42.7 Å². The van der Waals surface area contributed by atoms with Crippen molar-refractivity contribution in [1.82, 2.24) is 4.98 Å². The van der Waals surface area contributed by atoms with Gasteiger partial charge in [-0.2, -0.15) is 0 Å². The molecule has 0 fully saturated rings. The molecule has 2 N–H and O–H groups in total. The number of amides is 2. The maximum absolute atomic E-state index is 12.3. The molecular weight excluding hydrogens is 270 g/mol. The Kier molecular flexibility index (Phi) is 3.19. The van der Waals surface area contributed by atoms with Gasteiger partial charge in [-0.25, -0.2) is 0 Å². The highest BCUT2D eigenvalue weighted by Gasteiger charge is 2.19. The minimum atomic E-state index is -0.403. The van der Waals surface area contributed by atoms with E-state index in [4.69, 9.17) is 0 Å². The quantitative estimate of drug-likeness (QED) is 0.646. The van der Waals surface area contributed by atoms with Gasteiger partial charge in [-0.05, 0) is 30.3 Å². The summed E-state index contributed by atoms with van der Waals surface area (Å²) in [5.74, 6) is -0.954. The number of benzene rings is 1. The number of nitrogens with zero attached hydrogens (tertiary/aromatic N) is 1. The first-order valence-corrected chi connectivity index (χ1v) is 6.32. The van der Waals surface area contributed by atoms with E-state index >= 15 is 0 Å². The molecule has 0 spiro atoms. The number of ketones is 1. The van der Waals surface area contributed by atoms with Gasteiger partial charge in [0.15, 0.2) is 5.78 Å². The van der Waals surface area contributed by atoms with Gasteiger partial charge >= 0.3 is 0 Å². The minimum Gasteiger partial charge on any atom is -0.324 e. The van der Waals surface area contributed by atoms with Crippen LogP contribution in [0.4, 0.5) is 11.4 Å². The third-order valence-corrected chi connectivity index (χ3v) is 3.09. The molecule has 2 aromatic rings. The standard InChI is InChI=1S/C15H11N3O3/c19-13-8-14(20)18-12-7-10(1-2-11(12)17-13)15(21)9-3-5-16-6-4-9/h1-7H,8H2,(H,17,19)(H,18,20). The Balaban J connectivity index is 1.98. The third kappa shape index (κ3) is 2.64. The summed E-state index contributed by atoms with van der Waals surface area (Å²) in [5.41, 5.74) is 1.84. The van der Waals surface area contributed by atoms with Gasteiger partial charge in [0.2, 0.25) is 11.8 Å². The lowest BCUT2D eigenvalue weighted by atomic mass is 10.0. The summed E-state index contributed by atoms with van der Waals surface area (Å²) in [6.07, 6.45) is 2.85. The molecule has 6 heteroatoms. The predicted molar refractivity (Wildman–Crippen MR) is 76.0 cm³/mol. The van der Waals surface area contributed by atoms with E-state index in [0.29, 0.717) is 22.5 Å². The summed E-state index contributed by atoms with van der Waals surface area (Å²) in [6, 6.07) is 8.01. The lowest BCUT2D eigenvalue weighted by Gasteiger charge is -2.09. The number of hydrogen-bond donors (Lipinski definition) is 2. The number of nitrogens with one attached hydrogen (secondary N) is 2. The van der Waals surface area contributed by atoms with Gasteiger partial charge < -0.3 is 10.6 Å². The zero-order chi connectivity index (χ0) is 14.8. The lowest BCUT2D eigenvalue weighted by Crippen LogP contribution is -2.16. The molecule has 1 aromatic heterocycles. The predicted octanol–water partition coefficient (Wildman–Crippen LogP) is 1.59. The highest BCUT2D eigenvalue weighted by molar-refractivity contribution is 6.15. The van der Waals surface area contributed by atoms with Gasteiger partial charge in [0.25, 0.3) is 0 Å². The van der Waals surface area contributed by atoms with Crippen LogP contribution < -0.4 is 10.6 Å². The fourth-order valence-corrected chi connectivity index (χ4v) is 2.10. The zero-order valence-corrected chi connectivity index (χ0v) is 10.9. The molecule has 104 valence electrons. The number of carbonyl (C=O) groups is 3. The topological polar surface area (TPSA) is 88.2 Å². The van der Waals surface area contributed by atoms with Crippen LogP contribution in [-0.2, 0) is 9.59 Å². The Morgan fingerprint density at radius 2 is 1.57 bits per heavy atom. The SMILES string of the molecule is O=C1CC(=O)Nc2cc(C(=O)c3ccncc3)ccc2N1. The zero-order valence-electron chi connectivity index (χ0n) is 10.9.